The molecule has 2 fully saturated rings. The minimum Gasteiger partial charge on any atom is -0.381 e. The van der Waals surface area contributed by atoms with Gasteiger partial charge in [-0.3, -0.25) is 9.69 Å². The van der Waals surface area contributed by atoms with E-state index in [1.807, 2.05) is 12.1 Å². The van der Waals surface area contributed by atoms with Gasteiger partial charge in [0.2, 0.25) is 5.91 Å². The van der Waals surface area contributed by atoms with E-state index in [1.165, 1.54) is 24.0 Å². The molecule has 1 amide bonds. The van der Waals surface area contributed by atoms with Crippen LogP contribution in [0.2, 0.25) is 0 Å². The summed E-state index contributed by atoms with van der Waals surface area (Å²) in [7, 11) is 0. The molecule has 0 bridgehead atoms. The first-order chi connectivity index (χ1) is 15.6. The van der Waals surface area contributed by atoms with Crippen molar-refractivity contribution >= 4 is 17.7 Å². The molecule has 0 saturated carbocycles. The summed E-state index contributed by atoms with van der Waals surface area (Å²) in [5.74, 6) is 1.50. The standard InChI is InChI=1S/C27H36N2O2S/c1-21-17-28(19-23-13-15-31-16-14-23)18-22(2)29(21)26(30)20-32-27(24-9-5-3-6-10-24)25-11-7-4-8-12-25/h3-12,21-23,27H,13-20H2,1-2H3. The Morgan fingerprint density at radius 2 is 1.47 bits per heavy atom. The van der Waals surface area contributed by atoms with Crippen LogP contribution in [0.3, 0.4) is 0 Å². The third-order valence-electron chi connectivity index (χ3n) is 6.72. The lowest BCUT2D eigenvalue weighted by atomic mass is 9.98. The fraction of sp³-hybridized carbons (Fsp3) is 0.519. The highest BCUT2D eigenvalue weighted by atomic mass is 32.2. The summed E-state index contributed by atoms with van der Waals surface area (Å²) in [6.45, 7) is 9.30. The Hall–Kier alpha value is -1.82. The molecule has 2 heterocycles. The normalized spacial score (nSPS) is 22.9. The van der Waals surface area contributed by atoms with E-state index in [9.17, 15) is 4.79 Å². The monoisotopic (exact) mass is 452 g/mol. The largest absolute Gasteiger partial charge is 0.381 e. The van der Waals surface area contributed by atoms with Crippen LogP contribution < -0.4 is 0 Å². The molecule has 2 atom stereocenters. The fourth-order valence-corrected chi connectivity index (χ4v) is 6.39. The van der Waals surface area contributed by atoms with E-state index in [-0.39, 0.29) is 23.2 Å². The van der Waals surface area contributed by atoms with Gasteiger partial charge in [0.1, 0.15) is 0 Å². The number of rotatable bonds is 7. The zero-order valence-electron chi connectivity index (χ0n) is 19.4. The lowest BCUT2D eigenvalue weighted by Gasteiger charge is -2.45. The first kappa shape index (κ1) is 23.3. The Morgan fingerprint density at radius 3 is 2.00 bits per heavy atom. The number of thioether (sulfide) groups is 1. The van der Waals surface area contributed by atoms with Crippen LogP contribution >= 0.6 is 11.8 Å². The minimum atomic E-state index is 0.168. The van der Waals surface area contributed by atoms with E-state index in [2.05, 4.69) is 72.2 Å². The maximum Gasteiger partial charge on any atom is 0.233 e. The lowest BCUT2D eigenvalue weighted by molar-refractivity contribution is -0.136. The molecule has 0 aliphatic carbocycles. The summed E-state index contributed by atoms with van der Waals surface area (Å²) in [5, 5.41) is 0.168. The van der Waals surface area contributed by atoms with Crippen molar-refractivity contribution in [2.45, 2.75) is 44.0 Å². The number of carbonyl (C=O) groups is 1. The third kappa shape index (κ3) is 5.94. The maximum atomic E-state index is 13.4. The average Bonchev–Trinajstić information content (AvgIpc) is 2.81. The van der Waals surface area contributed by atoms with Gasteiger partial charge in [-0.1, -0.05) is 60.7 Å². The molecule has 2 aromatic rings. The summed E-state index contributed by atoms with van der Waals surface area (Å²) in [5.41, 5.74) is 2.50. The van der Waals surface area contributed by atoms with Crippen molar-refractivity contribution in [2.75, 3.05) is 38.6 Å². The van der Waals surface area contributed by atoms with Crippen molar-refractivity contribution in [1.82, 2.24) is 9.80 Å². The highest BCUT2D eigenvalue weighted by molar-refractivity contribution is 8.00. The van der Waals surface area contributed by atoms with Crippen LogP contribution in [0.1, 0.15) is 43.1 Å². The molecular formula is C27H36N2O2S. The van der Waals surface area contributed by atoms with Crippen molar-refractivity contribution in [2.24, 2.45) is 5.92 Å². The Bertz CT molecular complexity index is 790. The molecule has 2 unspecified atom stereocenters. The molecule has 2 aromatic carbocycles. The number of piperazine rings is 1. The molecule has 2 aliphatic rings. The fourth-order valence-electron chi connectivity index (χ4n) is 5.24. The topological polar surface area (TPSA) is 32.8 Å². The highest BCUT2D eigenvalue weighted by Gasteiger charge is 2.34. The van der Waals surface area contributed by atoms with Gasteiger partial charge in [0.15, 0.2) is 0 Å². The van der Waals surface area contributed by atoms with Gasteiger partial charge in [-0.2, -0.15) is 0 Å². The number of hydrogen-bond acceptors (Lipinski definition) is 4. The molecule has 5 heteroatoms. The first-order valence-corrected chi connectivity index (χ1v) is 13.0. The van der Waals surface area contributed by atoms with Crippen molar-refractivity contribution in [1.29, 1.82) is 0 Å². The van der Waals surface area contributed by atoms with Gasteiger partial charge >= 0.3 is 0 Å². The van der Waals surface area contributed by atoms with Gasteiger partial charge in [0, 0.05) is 44.9 Å². The average molecular weight is 453 g/mol. The number of ether oxygens (including phenoxy) is 1. The second-order valence-corrected chi connectivity index (χ2v) is 10.4. The predicted octanol–water partition coefficient (Wildman–Crippen LogP) is 4.86. The minimum absolute atomic E-state index is 0.168. The van der Waals surface area contributed by atoms with Gasteiger partial charge in [-0.25, -0.2) is 0 Å². The zero-order valence-corrected chi connectivity index (χ0v) is 20.2. The van der Waals surface area contributed by atoms with Crippen LogP contribution in [0, 0.1) is 5.92 Å². The van der Waals surface area contributed by atoms with Crippen molar-refractivity contribution in [3.05, 3.63) is 71.8 Å². The van der Waals surface area contributed by atoms with Crippen LogP contribution in [0.25, 0.3) is 0 Å². The molecule has 2 saturated heterocycles. The van der Waals surface area contributed by atoms with Crippen molar-refractivity contribution in [3.8, 4) is 0 Å². The molecule has 0 radical (unpaired) electrons. The van der Waals surface area contributed by atoms with Crippen LogP contribution in [0.15, 0.2) is 60.7 Å². The van der Waals surface area contributed by atoms with Crippen LogP contribution in [-0.2, 0) is 9.53 Å². The maximum absolute atomic E-state index is 13.4. The summed E-state index contributed by atoms with van der Waals surface area (Å²) >= 11 is 1.74. The van der Waals surface area contributed by atoms with E-state index >= 15 is 0 Å². The lowest BCUT2D eigenvalue weighted by Crippen LogP contribution is -2.59. The summed E-state index contributed by atoms with van der Waals surface area (Å²) in [4.78, 5) is 18.1. The zero-order chi connectivity index (χ0) is 22.3. The van der Waals surface area contributed by atoms with E-state index in [0.717, 1.165) is 38.8 Å². The van der Waals surface area contributed by atoms with Gasteiger partial charge in [-0.15, -0.1) is 11.8 Å². The Labute approximate surface area is 197 Å². The molecule has 0 N–H and O–H groups in total. The smallest absolute Gasteiger partial charge is 0.233 e. The summed E-state index contributed by atoms with van der Waals surface area (Å²) < 4.78 is 5.52. The van der Waals surface area contributed by atoms with E-state index in [4.69, 9.17) is 4.74 Å². The third-order valence-corrected chi connectivity index (χ3v) is 8.01. The van der Waals surface area contributed by atoms with Gasteiger partial charge in [-0.05, 0) is 43.7 Å². The summed E-state index contributed by atoms with van der Waals surface area (Å²) in [6, 6.07) is 21.6. The van der Waals surface area contributed by atoms with Gasteiger partial charge < -0.3 is 9.64 Å². The molecule has 0 aromatic heterocycles. The second kappa shape index (κ2) is 11.4. The molecule has 0 spiro atoms. The Kier molecular flexibility index (Phi) is 8.28. The number of benzene rings is 2. The van der Waals surface area contributed by atoms with Gasteiger partial charge in [0.25, 0.3) is 0 Å². The molecule has 4 rings (SSSR count). The predicted molar refractivity (Wildman–Crippen MR) is 133 cm³/mol. The number of amides is 1. The highest BCUT2D eigenvalue weighted by Crippen LogP contribution is 2.36. The van der Waals surface area contributed by atoms with E-state index in [1.54, 1.807) is 11.8 Å². The van der Waals surface area contributed by atoms with Crippen molar-refractivity contribution < 1.29 is 9.53 Å². The molecule has 2 aliphatic heterocycles. The van der Waals surface area contributed by atoms with E-state index in [0.29, 0.717) is 5.75 Å². The second-order valence-electron chi connectivity index (χ2n) is 9.29. The van der Waals surface area contributed by atoms with Crippen LogP contribution in [-0.4, -0.2) is 66.4 Å². The molecule has 172 valence electrons. The number of hydrogen-bond donors (Lipinski definition) is 0. The van der Waals surface area contributed by atoms with Crippen LogP contribution in [0.5, 0.6) is 0 Å². The van der Waals surface area contributed by atoms with Crippen molar-refractivity contribution in [3.63, 3.8) is 0 Å². The molecular weight excluding hydrogens is 416 g/mol. The Morgan fingerprint density at radius 1 is 0.938 bits per heavy atom. The van der Waals surface area contributed by atoms with E-state index < -0.39 is 0 Å². The SMILES string of the molecule is CC1CN(CC2CCOCC2)CC(C)N1C(=O)CSC(c1ccccc1)c1ccccc1. The molecule has 32 heavy (non-hydrogen) atoms. The quantitative estimate of drug-likeness (QED) is 0.601. The number of nitrogens with zero attached hydrogens (tertiary/aromatic N) is 2. The number of carbonyl (C=O) groups excluding carboxylic acids is 1. The summed E-state index contributed by atoms with van der Waals surface area (Å²) in [6.07, 6.45) is 2.33. The van der Waals surface area contributed by atoms with Gasteiger partial charge in [0.05, 0.1) is 11.0 Å². The van der Waals surface area contributed by atoms with Crippen LogP contribution in [0.4, 0.5) is 0 Å². The Balaban J connectivity index is 1.37. The first-order valence-electron chi connectivity index (χ1n) is 11.9. The molecule has 4 nitrogen and oxygen atoms in total.